The summed E-state index contributed by atoms with van der Waals surface area (Å²) in [4.78, 5) is 34.3. The van der Waals surface area contributed by atoms with Crippen molar-refractivity contribution in [2.24, 2.45) is 0 Å². The van der Waals surface area contributed by atoms with E-state index in [1.165, 1.54) is 12.1 Å². The van der Waals surface area contributed by atoms with Crippen LogP contribution in [0.15, 0.2) is 30.3 Å². The lowest BCUT2D eigenvalue weighted by Gasteiger charge is -2.18. The Balaban J connectivity index is 2.14. The van der Waals surface area contributed by atoms with Gasteiger partial charge in [-0.05, 0) is 5.56 Å². The Morgan fingerprint density at radius 2 is 1.75 bits per heavy atom. The van der Waals surface area contributed by atoms with Crippen molar-refractivity contribution in [3.63, 3.8) is 0 Å². The highest BCUT2D eigenvalue weighted by molar-refractivity contribution is 6.11. The van der Waals surface area contributed by atoms with Crippen LogP contribution in [-0.4, -0.2) is 51.2 Å². The number of ketones is 2. The van der Waals surface area contributed by atoms with Gasteiger partial charge >= 0.3 is 5.97 Å². The quantitative estimate of drug-likeness (QED) is 0.453. The van der Waals surface area contributed by atoms with Crippen molar-refractivity contribution >= 4 is 17.5 Å². The number of esters is 1. The predicted molar refractivity (Wildman–Crippen MR) is 63.3 cm³/mol. The van der Waals surface area contributed by atoms with Gasteiger partial charge in [-0.25, -0.2) is 4.79 Å². The molecule has 2 unspecified atom stereocenters. The van der Waals surface area contributed by atoms with Gasteiger partial charge in [-0.15, -0.1) is 0 Å². The fourth-order valence-corrected chi connectivity index (χ4v) is 1.85. The van der Waals surface area contributed by atoms with Gasteiger partial charge in [0.25, 0.3) is 0 Å². The topological polar surface area (TPSA) is 121 Å². The molecule has 0 radical (unpaired) electrons. The number of aliphatic hydroxyl groups excluding tert-OH is 3. The van der Waals surface area contributed by atoms with E-state index in [2.05, 4.69) is 4.74 Å². The Morgan fingerprint density at radius 1 is 1.15 bits per heavy atom. The number of rotatable bonds is 4. The fourth-order valence-electron chi connectivity index (χ4n) is 1.85. The zero-order valence-corrected chi connectivity index (χ0v) is 10.2. The molecule has 3 N–H and O–H groups in total. The summed E-state index contributed by atoms with van der Waals surface area (Å²) in [6.07, 6.45) is -7.48. The zero-order valence-electron chi connectivity index (χ0n) is 10.2. The van der Waals surface area contributed by atoms with E-state index in [9.17, 15) is 24.6 Å². The molecule has 106 valence electrons. The molecule has 0 spiro atoms. The van der Waals surface area contributed by atoms with Gasteiger partial charge < -0.3 is 20.1 Å². The third kappa shape index (κ3) is 2.46. The molecule has 2 rings (SSSR count). The molecule has 1 aromatic carbocycles. The van der Waals surface area contributed by atoms with Crippen LogP contribution in [0.4, 0.5) is 0 Å². The summed E-state index contributed by atoms with van der Waals surface area (Å²) in [5.41, 5.74) is 0.230. The summed E-state index contributed by atoms with van der Waals surface area (Å²) >= 11 is 0. The molecule has 0 bridgehead atoms. The van der Waals surface area contributed by atoms with Crippen molar-refractivity contribution in [2.75, 3.05) is 0 Å². The van der Waals surface area contributed by atoms with Gasteiger partial charge in [0, 0.05) is 0 Å². The molecule has 1 aliphatic rings. The third-order valence-corrected chi connectivity index (χ3v) is 2.98. The first-order valence-electron chi connectivity index (χ1n) is 5.80. The largest absolute Gasteiger partial charge is 0.449 e. The van der Waals surface area contributed by atoms with Crippen LogP contribution in [0, 0.1) is 0 Å². The van der Waals surface area contributed by atoms with Crippen molar-refractivity contribution in [3.05, 3.63) is 35.9 Å². The van der Waals surface area contributed by atoms with Crippen LogP contribution in [0.1, 0.15) is 11.7 Å². The van der Waals surface area contributed by atoms with Crippen molar-refractivity contribution in [3.8, 4) is 0 Å². The van der Waals surface area contributed by atoms with E-state index in [0.29, 0.717) is 0 Å². The van der Waals surface area contributed by atoms with Crippen LogP contribution in [0.2, 0.25) is 0 Å². The molecule has 7 nitrogen and oxygen atoms in total. The van der Waals surface area contributed by atoms with E-state index in [4.69, 9.17) is 5.11 Å². The second-order valence-electron chi connectivity index (χ2n) is 4.32. The molecule has 4 atom stereocenters. The van der Waals surface area contributed by atoms with Crippen molar-refractivity contribution in [1.29, 1.82) is 0 Å². The predicted octanol–water partition coefficient (Wildman–Crippen LogP) is -1.49. The fraction of sp³-hybridized carbons (Fsp3) is 0.308. The van der Waals surface area contributed by atoms with E-state index in [1.54, 1.807) is 18.2 Å². The van der Waals surface area contributed by atoms with Crippen LogP contribution in [0.5, 0.6) is 0 Å². The molecule has 1 aliphatic heterocycles. The molecule has 1 fully saturated rings. The molecule has 1 heterocycles. The smallest absolute Gasteiger partial charge is 0.343 e. The van der Waals surface area contributed by atoms with E-state index in [1.807, 2.05) is 0 Å². The first-order valence-corrected chi connectivity index (χ1v) is 5.80. The summed E-state index contributed by atoms with van der Waals surface area (Å²) in [7, 11) is 0. The number of aliphatic hydroxyl groups is 3. The van der Waals surface area contributed by atoms with Crippen LogP contribution in [0.3, 0.4) is 0 Å². The number of hydrogen-bond donors (Lipinski definition) is 3. The summed E-state index contributed by atoms with van der Waals surface area (Å²) in [5, 5.41) is 28.7. The van der Waals surface area contributed by atoms with Gasteiger partial charge in [-0.2, -0.15) is 0 Å². The standard InChI is InChI=1S/C13H12O7/c14-7(6-4-2-1-3-5-6)8(15)9(16)12-10(17)11(18)13(19)20-12/h1-5,7,9,11-12,14,16,18H/t7?,9-,11?,12+/m0/s1. The molecule has 20 heavy (non-hydrogen) atoms. The highest BCUT2D eigenvalue weighted by atomic mass is 16.6. The van der Waals surface area contributed by atoms with Crippen molar-refractivity contribution < 1.29 is 34.4 Å². The Labute approximate surface area is 113 Å². The number of cyclic esters (lactones) is 1. The Kier molecular flexibility index (Phi) is 3.93. The van der Waals surface area contributed by atoms with Gasteiger partial charge in [0.1, 0.15) is 6.10 Å². The SMILES string of the molecule is O=C1O[C@H]([C@@H](O)C(=O)C(O)c2ccccc2)C(=O)C1O. The molecule has 0 amide bonds. The Morgan fingerprint density at radius 3 is 2.25 bits per heavy atom. The van der Waals surface area contributed by atoms with Crippen LogP contribution in [0.25, 0.3) is 0 Å². The molecule has 0 aliphatic carbocycles. The summed E-state index contributed by atoms with van der Waals surface area (Å²) in [6, 6.07) is 7.78. The minimum atomic E-state index is -2.03. The van der Waals surface area contributed by atoms with Gasteiger partial charge in [0.2, 0.25) is 11.9 Å². The molecular formula is C13H12O7. The molecule has 0 aromatic heterocycles. The average molecular weight is 280 g/mol. The van der Waals surface area contributed by atoms with Crippen molar-refractivity contribution in [2.45, 2.75) is 24.4 Å². The highest BCUT2D eigenvalue weighted by Crippen LogP contribution is 2.21. The highest BCUT2D eigenvalue weighted by Gasteiger charge is 2.49. The summed E-state index contributed by atoms with van der Waals surface area (Å²) < 4.78 is 4.43. The van der Waals surface area contributed by atoms with Crippen LogP contribution < -0.4 is 0 Å². The second-order valence-corrected chi connectivity index (χ2v) is 4.32. The lowest BCUT2D eigenvalue weighted by molar-refractivity contribution is -0.156. The Bertz CT molecular complexity index is 539. The molecule has 7 heteroatoms. The van der Waals surface area contributed by atoms with E-state index in [-0.39, 0.29) is 5.56 Å². The summed E-state index contributed by atoms with van der Waals surface area (Å²) in [5.74, 6) is -3.41. The van der Waals surface area contributed by atoms with E-state index in [0.717, 1.165) is 0 Å². The molecule has 0 saturated carbocycles. The molecular weight excluding hydrogens is 268 g/mol. The number of carbonyl (C=O) groups excluding carboxylic acids is 3. The molecule has 1 saturated heterocycles. The first kappa shape index (κ1) is 14.3. The zero-order chi connectivity index (χ0) is 14.9. The number of hydrogen-bond acceptors (Lipinski definition) is 7. The third-order valence-electron chi connectivity index (χ3n) is 2.98. The lowest BCUT2D eigenvalue weighted by Crippen LogP contribution is -2.42. The number of ether oxygens (including phenoxy) is 1. The maximum absolute atomic E-state index is 11.9. The van der Waals surface area contributed by atoms with E-state index < -0.39 is 42.0 Å². The van der Waals surface area contributed by atoms with Crippen molar-refractivity contribution in [1.82, 2.24) is 0 Å². The lowest BCUT2D eigenvalue weighted by atomic mass is 9.97. The van der Waals surface area contributed by atoms with E-state index >= 15 is 0 Å². The maximum atomic E-state index is 11.9. The van der Waals surface area contributed by atoms with Gasteiger partial charge in [0.15, 0.2) is 18.0 Å². The minimum absolute atomic E-state index is 0.230. The molecule has 1 aromatic rings. The monoisotopic (exact) mass is 280 g/mol. The number of carbonyl (C=O) groups is 3. The van der Waals surface area contributed by atoms with Crippen LogP contribution >= 0.6 is 0 Å². The van der Waals surface area contributed by atoms with Gasteiger partial charge in [-0.3, -0.25) is 9.59 Å². The van der Waals surface area contributed by atoms with Gasteiger partial charge in [0.05, 0.1) is 0 Å². The second kappa shape index (κ2) is 5.49. The summed E-state index contributed by atoms with van der Waals surface area (Å²) in [6.45, 7) is 0. The van der Waals surface area contributed by atoms with Gasteiger partial charge in [-0.1, -0.05) is 30.3 Å². The minimum Gasteiger partial charge on any atom is -0.449 e. The normalized spacial score (nSPS) is 25.1. The first-order chi connectivity index (χ1) is 9.43. The Hall–Kier alpha value is -2.09. The number of Topliss-reactive ketones (excluding diaryl/α,β-unsaturated/α-hetero) is 2. The average Bonchev–Trinajstić information content (AvgIpc) is 2.73. The van der Waals surface area contributed by atoms with Crippen LogP contribution in [-0.2, 0) is 19.1 Å². The number of benzene rings is 1. The maximum Gasteiger partial charge on any atom is 0.343 e.